The zero-order valence-corrected chi connectivity index (χ0v) is 16.3. The predicted molar refractivity (Wildman–Crippen MR) is 89.5 cm³/mol. The summed E-state index contributed by atoms with van der Waals surface area (Å²) in [4.78, 5) is 49.6. The van der Waals surface area contributed by atoms with Crippen molar-refractivity contribution in [1.82, 2.24) is 9.55 Å². The molecule has 0 amide bonds. The Morgan fingerprint density at radius 3 is 2.26 bits per heavy atom. The van der Waals surface area contributed by atoms with E-state index in [2.05, 4.69) is 9.72 Å². The lowest BCUT2D eigenvalue weighted by molar-refractivity contribution is -0.308. The molecule has 1 fully saturated rings. The summed E-state index contributed by atoms with van der Waals surface area (Å²) in [5, 5.41) is 0. The fraction of sp³-hybridized carbons (Fsp3) is 0.562. The summed E-state index contributed by atoms with van der Waals surface area (Å²) in [6, 6.07) is 0. The Morgan fingerprint density at radius 2 is 1.77 bits per heavy atom. The number of alkyl halides is 3. The van der Waals surface area contributed by atoms with Crippen LogP contribution in [0.25, 0.3) is 0 Å². The molecule has 2 heterocycles. The highest BCUT2D eigenvalue weighted by Gasteiger charge is 2.73. The Morgan fingerprint density at radius 1 is 1.19 bits per heavy atom. The number of hydrogen-bond donors (Lipinski definition) is 1. The average molecular weight is 455 g/mol. The minimum Gasteiger partial charge on any atom is -0.462 e. The second-order valence-corrected chi connectivity index (χ2v) is 6.44. The summed E-state index contributed by atoms with van der Waals surface area (Å²) in [7, 11) is 0. The molecule has 0 bridgehead atoms. The number of nitrogens with zero attached hydrogens (tertiary/aromatic N) is 2. The average Bonchev–Trinajstić information content (AvgIpc) is 2.90. The molecule has 0 saturated carbocycles. The van der Waals surface area contributed by atoms with Crippen LogP contribution in [0, 0.1) is 5.82 Å². The summed E-state index contributed by atoms with van der Waals surface area (Å²) in [6.45, 7) is 0.871. The number of nitrogens with two attached hydrogens (primary N) is 1. The molecule has 1 aliphatic heterocycles. The smallest absolute Gasteiger partial charge is 0.424 e. The first-order valence-corrected chi connectivity index (χ1v) is 8.46. The second kappa shape index (κ2) is 8.49. The summed E-state index contributed by atoms with van der Waals surface area (Å²) in [6.07, 6.45) is -11.7. The Balaban J connectivity index is 2.74. The minimum atomic E-state index is -5.39. The van der Waals surface area contributed by atoms with Crippen molar-refractivity contribution in [3.05, 3.63) is 22.5 Å². The number of esters is 3. The van der Waals surface area contributed by atoms with Crippen LogP contribution in [0.15, 0.2) is 11.0 Å². The van der Waals surface area contributed by atoms with E-state index in [0.29, 0.717) is 6.20 Å². The van der Waals surface area contributed by atoms with Crippen molar-refractivity contribution in [1.29, 1.82) is 0 Å². The first-order chi connectivity index (χ1) is 14.2. The van der Waals surface area contributed by atoms with Crippen LogP contribution in [0.5, 0.6) is 0 Å². The van der Waals surface area contributed by atoms with Gasteiger partial charge in [-0.15, -0.1) is 0 Å². The van der Waals surface area contributed by atoms with Gasteiger partial charge in [-0.05, 0) is 0 Å². The standard InChI is InChI=1S/C16H17F4N3O8/c1-6(24)28-5-15(16(18,19)20)11(30-8(3)26)10(29-7(2)25)13(31-15)23-4-9(17)12(21)22-14(23)27/h4,10-11,13H,5H2,1-3H3,(H2,21,22,27)/t10-,11-,13+,15+/m0/s1. The lowest BCUT2D eigenvalue weighted by Crippen LogP contribution is -2.59. The third-order valence-electron chi connectivity index (χ3n) is 4.14. The van der Waals surface area contributed by atoms with Gasteiger partial charge in [0.15, 0.2) is 30.1 Å². The fourth-order valence-electron chi connectivity index (χ4n) is 2.91. The lowest BCUT2D eigenvalue weighted by Gasteiger charge is -2.34. The van der Waals surface area contributed by atoms with Crippen molar-refractivity contribution in [3.63, 3.8) is 0 Å². The van der Waals surface area contributed by atoms with Crippen molar-refractivity contribution in [2.24, 2.45) is 0 Å². The zero-order chi connectivity index (χ0) is 23.7. The van der Waals surface area contributed by atoms with Gasteiger partial charge in [0.2, 0.25) is 5.60 Å². The molecule has 0 radical (unpaired) electrons. The third kappa shape index (κ3) is 4.76. The molecule has 2 N–H and O–H groups in total. The van der Waals surface area contributed by atoms with Crippen LogP contribution in [-0.4, -0.2) is 58.1 Å². The molecular formula is C16H17F4N3O8. The SMILES string of the molecule is CC(=O)OC[C@@]1(C(F)(F)F)O[C@@H](n2cc(F)c(N)nc2=O)[C@@H](OC(C)=O)[C@@H]1OC(C)=O. The molecule has 31 heavy (non-hydrogen) atoms. The second-order valence-electron chi connectivity index (χ2n) is 6.44. The number of anilines is 1. The molecule has 0 aliphatic carbocycles. The fourth-order valence-corrected chi connectivity index (χ4v) is 2.91. The van der Waals surface area contributed by atoms with Crippen LogP contribution in [-0.2, 0) is 33.3 Å². The van der Waals surface area contributed by atoms with E-state index >= 15 is 0 Å². The maximum atomic E-state index is 14.2. The normalized spacial score (nSPS) is 25.7. The van der Waals surface area contributed by atoms with Crippen molar-refractivity contribution in [2.75, 3.05) is 12.3 Å². The van der Waals surface area contributed by atoms with E-state index in [1.54, 1.807) is 0 Å². The Hall–Kier alpha value is -3.23. The molecule has 0 aromatic carbocycles. The molecular weight excluding hydrogens is 438 g/mol. The number of hydrogen-bond acceptors (Lipinski definition) is 10. The van der Waals surface area contributed by atoms with E-state index in [-0.39, 0.29) is 4.57 Å². The Bertz CT molecular complexity index is 950. The van der Waals surface area contributed by atoms with Crippen molar-refractivity contribution in [2.45, 2.75) is 51.0 Å². The van der Waals surface area contributed by atoms with E-state index in [1.807, 2.05) is 0 Å². The van der Waals surface area contributed by atoms with Crippen LogP contribution in [0.2, 0.25) is 0 Å². The van der Waals surface area contributed by atoms with Crippen LogP contribution >= 0.6 is 0 Å². The monoisotopic (exact) mass is 455 g/mol. The highest BCUT2D eigenvalue weighted by molar-refractivity contribution is 5.68. The first kappa shape index (κ1) is 24.0. The minimum absolute atomic E-state index is 0.247. The highest BCUT2D eigenvalue weighted by atomic mass is 19.4. The summed E-state index contributed by atoms with van der Waals surface area (Å²) in [5.41, 5.74) is 0.237. The molecule has 15 heteroatoms. The van der Waals surface area contributed by atoms with Gasteiger partial charge in [-0.2, -0.15) is 18.2 Å². The maximum absolute atomic E-state index is 14.2. The molecule has 172 valence electrons. The number of halogens is 4. The van der Waals surface area contributed by atoms with Crippen LogP contribution in [0.1, 0.15) is 27.0 Å². The maximum Gasteiger partial charge on any atom is 0.424 e. The van der Waals surface area contributed by atoms with E-state index in [4.69, 9.17) is 19.9 Å². The molecule has 4 atom stereocenters. The number of carbonyl (C=O) groups is 3. The van der Waals surface area contributed by atoms with Gasteiger partial charge in [-0.1, -0.05) is 0 Å². The number of rotatable bonds is 5. The van der Waals surface area contributed by atoms with Crippen molar-refractivity contribution >= 4 is 23.7 Å². The quantitative estimate of drug-likeness (QED) is 0.371. The van der Waals surface area contributed by atoms with Crippen LogP contribution in [0.4, 0.5) is 23.4 Å². The molecule has 0 spiro atoms. The highest BCUT2D eigenvalue weighted by Crippen LogP contribution is 2.49. The van der Waals surface area contributed by atoms with Gasteiger partial charge in [-0.25, -0.2) is 9.18 Å². The van der Waals surface area contributed by atoms with Gasteiger partial charge in [0.25, 0.3) is 0 Å². The third-order valence-corrected chi connectivity index (χ3v) is 4.14. The number of nitrogen functional groups attached to an aromatic ring is 1. The van der Waals surface area contributed by atoms with Crippen LogP contribution in [0.3, 0.4) is 0 Å². The van der Waals surface area contributed by atoms with Gasteiger partial charge in [-0.3, -0.25) is 19.0 Å². The summed E-state index contributed by atoms with van der Waals surface area (Å²) < 4.78 is 75.7. The topological polar surface area (TPSA) is 149 Å². The number of carbonyl (C=O) groups excluding carboxylic acids is 3. The molecule has 11 nitrogen and oxygen atoms in total. The molecule has 2 rings (SSSR count). The lowest BCUT2D eigenvalue weighted by atomic mass is 9.94. The predicted octanol–water partition coefficient (Wildman–Crippen LogP) is 0.221. The Labute approximate surface area is 171 Å². The van der Waals surface area contributed by atoms with Gasteiger partial charge in [0, 0.05) is 20.8 Å². The largest absolute Gasteiger partial charge is 0.462 e. The van der Waals surface area contributed by atoms with E-state index in [1.165, 1.54) is 0 Å². The zero-order valence-electron chi connectivity index (χ0n) is 16.3. The van der Waals surface area contributed by atoms with Gasteiger partial charge >= 0.3 is 29.8 Å². The van der Waals surface area contributed by atoms with Crippen molar-refractivity contribution in [3.8, 4) is 0 Å². The van der Waals surface area contributed by atoms with E-state index in [9.17, 15) is 36.7 Å². The van der Waals surface area contributed by atoms with Gasteiger partial charge in [0.1, 0.15) is 6.61 Å². The molecule has 1 aromatic rings. The Kier molecular flexibility index (Phi) is 6.58. The van der Waals surface area contributed by atoms with E-state index in [0.717, 1.165) is 20.8 Å². The summed E-state index contributed by atoms with van der Waals surface area (Å²) in [5.74, 6) is -5.66. The van der Waals surface area contributed by atoms with Crippen LogP contribution < -0.4 is 11.4 Å². The molecule has 1 aromatic heterocycles. The molecule has 0 unspecified atom stereocenters. The summed E-state index contributed by atoms with van der Waals surface area (Å²) >= 11 is 0. The molecule has 1 saturated heterocycles. The molecule has 1 aliphatic rings. The van der Waals surface area contributed by atoms with E-state index < -0.39 is 72.1 Å². The first-order valence-electron chi connectivity index (χ1n) is 8.46. The van der Waals surface area contributed by atoms with Crippen molar-refractivity contribution < 1.29 is 50.9 Å². The van der Waals surface area contributed by atoms with Gasteiger partial charge < -0.3 is 24.7 Å². The number of ether oxygens (including phenoxy) is 4. The van der Waals surface area contributed by atoms with Gasteiger partial charge in [0.05, 0.1) is 6.20 Å². The number of aromatic nitrogens is 2.